The lowest BCUT2D eigenvalue weighted by Gasteiger charge is -2.23. The number of aromatic nitrogens is 1. The van der Waals surface area contributed by atoms with Crippen molar-refractivity contribution in [3.8, 4) is 0 Å². The summed E-state index contributed by atoms with van der Waals surface area (Å²) in [6, 6.07) is 9.48. The molecule has 1 saturated heterocycles. The average molecular weight is 364 g/mol. The second-order valence-electron chi connectivity index (χ2n) is 6.71. The topological polar surface area (TPSA) is 34.1 Å². The second kappa shape index (κ2) is 8.18. The first-order valence-corrected chi connectivity index (χ1v) is 8.88. The number of pyridine rings is 1. The second-order valence-corrected chi connectivity index (χ2v) is 6.71. The molecule has 2 aromatic rings. The Hall–Kier alpha value is -1.92. The van der Waals surface area contributed by atoms with E-state index >= 15 is 0 Å². The molecule has 0 bridgehead atoms. The minimum absolute atomic E-state index is 0.000235. The number of nitrogens with one attached hydrogen (secondary N) is 1. The Bertz CT molecular complexity index is 692. The molecule has 1 fully saturated rings. The summed E-state index contributed by atoms with van der Waals surface area (Å²) in [7, 11) is 0. The van der Waals surface area contributed by atoms with Crippen molar-refractivity contribution in [1.29, 1.82) is 0 Å². The van der Waals surface area contributed by atoms with Crippen LogP contribution in [0.5, 0.6) is 0 Å². The van der Waals surface area contributed by atoms with Crippen LogP contribution in [-0.4, -0.2) is 24.7 Å². The molecule has 1 aliphatic heterocycles. The van der Waals surface area contributed by atoms with E-state index < -0.39 is 11.7 Å². The zero-order valence-electron chi connectivity index (χ0n) is 14.7. The Balaban J connectivity index is 1.55. The van der Waals surface area contributed by atoms with Gasteiger partial charge in [-0.05, 0) is 48.1 Å². The third kappa shape index (κ3) is 4.83. The number of alkyl halides is 3. The van der Waals surface area contributed by atoms with E-state index in [0.717, 1.165) is 54.9 Å². The first-order chi connectivity index (χ1) is 12.4. The lowest BCUT2D eigenvalue weighted by Crippen LogP contribution is -2.33. The molecule has 0 amide bonds. The molecular weight excluding hydrogens is 341 g/mol. The Morgan fingerprint density at radius 1 is 1.19 bits per heavy atom. The summed E-state index contributed by atoms with van der Waals surface area (Å²) in [5, 5.41) is 3.29. The zero-order chi connectivity index (χ0) is 18.6. The van der Waals surface area contributed by atoms with Gasteiger partial charge in [-0.3, -0.25) is 4.98 Å². The van der Waals surface area contributed by atoms with Crippen LogP contribution in [0.25, 0.3) is 0 Å². The van der Waals surface area contributed by atoms with E-state index in [2.05, 4.69) is 23.3 Å². The molecule has 26 heavy (non-hydrogen) atoms. The van der Waals surface area contributed by atoms with Gasteiger partial charge in [0.15, 0.2) is 0 Å². The van der Waals surface area contributed by atoms with Crippen LogP contribution in [0.2, 0.25) is 0 Å². The minimum Gasteiger partial charge on any atom is -0.369 e. The molecule has 1 aromatic carbocycles. The van der Waals surface area contributed by atoms with Crippen LogP contribution < -0.4 is 5.32 Å². The number of hydrogen-bond donors (Lipinski definition) is 1. The summed E-state index contributed by atoms with van der Waals surface area (Å²) in [6.07, 6.45) is -0.813. The maximum atomic E-state index is 12.6. The van der Waals surface area contributed by atoms with Gasteiger partial charge >= 0.3 is 6.18 Å². The predicted molar refractivity (Wildman–Crippen MR) is 94.0 cm³/mol. The molecule has 6 heteroatoms. The molecular formula is C20H23F3N2O. The van der Waals surface area contributed by atoms with E-state index in [4.69, 9.17) is 4.74 Å². The van der Waals surface area contributed by atoms with E-state index in [1.165, 1.54) is 0 Å². The number of rotatable bonds is 5. The van der Waals surface area contributed by atoms with Gasteiger partial charge in [-0.2, -0.15) is 13.2 Å². The molecule has 0 spiro atoms. The molecule has 3 rings (SSSR count). The summed E-state index contributed by atoms with van der Waals surface area (Å²) in [4.78, 5) is 4.53. The van der Waals surface area contributed by atoms with Crippen molar-refractivity contribution < 1.29 is 17.9 Å². The van der Waals surface area contributed by atoms with Gasteiger partial charge in [-0.25, -0.2) is 0 Å². The third-order valence-electron chi connectivity index (χ3n) is 4.78. The van der Waals surface area contributed by atoms with E-state index in [1.54, 1.807) is 12.1 Å². The largest absolute Gasteiger partial charge is 0.416 e. The van der Waals surface area contributed by atoms with Crippen LogP contribution in [0.1, 0.15) is 47.8 Å². The fourth-order valence-electron chi connectivity index (χ4n) is 3.06. The highest BCUT2D eigenvalue weighted by molar-refractivity contribution is 5.25. The number of ether oxygens (including phenoxy) is 1. The third-order valence-corrected chi connectivity index (χ3v) is 4.78. The van der Waals surface area contributed by atoms with E-state index in [0.29, 0.717) is 6.61 Å². The maximum absolute atomic E-state index is 12.6. The van der Waals surface area contributed by atoms with E-state index in [9.17, 15) is 13.2 Å². The van der Waals surface area contributed by atoms with Crippen LogP contribution in [0.3, 0.4) is 0 Å². The lowest BCUT2D eigenvalue weighted by molar-refractivity contribution is -0.137. The van der Waals surface area contributed by atoms with Crippen molar-refractivity contribution in [3.05, 3.63) is 65.0 Å². The van der Waals surface area contributed by atoms with E-state index in [-0.39, 0.29) is 12.0 Å². The quantitative estimate of drug-likeness (QED) is 0.848. The van der Waals surface area contributed by atoms with Gasteiger partial charge in [-0.1, -0.05) is 25.1 Å². The molecule has 0 aliphatic carbocycles. The van der Waals surface area contributed by atoms with Crippen molar-refractivity contribution in [2.75, 3.05) is 19.7 Å². The molecule has 0 saturated carbocycles. The van der Waals surface area contributed by atoms with Crippen LogP contribution in [0.4, 0.5) is 13.2 Å². The zero-order valence-corrected chi connectivity index (χ0v) is 14.7. The highest BCUT2D eigenvalue weighted by Gasteiger charge is 2.29. The maximum Gasteiger partial charge on any atom is 0.416 e. The molecule has 1 aromatic heterocycles. The Kier molecular flexibility index (Phi) is 5.94. The summed E-state index contributed by atoms with van der Waals surface area (Å²) < 4.78 is 43.5. The van der Waals surface area contributed by atoms with Crippen LogP contribution in [0, 0.1) is 0 Å². The standard InChI is InChI=1S/C20H23F3N2O/c1-14(2-3-15-4-7-17(8-5-15)20(21,22)23)16-6-9-18(25-12-16)19-13-24-10-11-26-19/h4-9,12,14,19,24H,2-3,10-11,13H2,1H3. The number of benzene rings is 1. The van der Waals surface area contributed by atoms with Crippen molar-refractivity contribution >= 4 is 0 Å². The van der Waals surface area contributed by atoms with Gasteiger partial charge in [0, 0.05) is 19.3 Å². The van der Waals surface area contributed by atoms with Gasteiger partial charge < -0.3 is 10.1 Å². The Morgan fingerprint density at radius 2 is 1.96 bits per heavy atom. The molecule has 2 heterocycles. The van der Waals surface area contributed by atoms with Crippen molar-refractivity contribution in [2.24, 2.45) is 0 Å². The fraction of sp³-hybridized carbons (Fsp3) is 0.450. The highest BCUT2D eigenvalue weighted by Crippen LogP contribution is 2.30. The van der Waals surface area contributed by atoms with Crippen molar-refractivity contribution in [2.45, 2.75) is 38.0 Å². The first kappa shape index (κ1) is 18.9. The molecule has 140 valence electrons. The number of nitrogens with zero attached hydrogens (tertiary/aromatic N) is 1. The van der Waals surface area contributed by atoms with Crippen molar-refractivity contribution in [3.63, 3.8) is 0 Å². The predicted octanol–water partition coefficient (Wildman–Crippen LogP) is 4.50. The molecule has 3 nitrogen and oxygen atoms in total. The smallest absolute Gasteiger partial charge is 0.369 e. The first-order valence-electron chi connectivity index (χ1n) is 8.88. The molecule has 0 radical (unpaired) electrons. The Labute approximate surface area is 151 Å². The summed E-state index contributed by atoms with van der Waals surface area (Å²) >= 11 is 0. The highest BCUT2D eigenvalue weighted by atomic mass is 19.4. The molecule has 2 unspecified atom stereocenters. The van der Waals surface area contributed by atoms with E-state index in [1.807, 2.05) is 12.3 Å². The van der Waals surface area contributed by atoms with Gasteiger partial charge in [0.2, 0.25) is 0 Å². The van der Waals surface area contributed by atoms with Crippen LogP contribution >= 0.6 is 0 Å². The van der Waals surface area contributed by atoms with Gasteiger partial charge in [-0.15, -0.1) is 0 Å². The summed E-state index contributed by atoms with van der Waals surface area (Å²) in [5.41, 5.74) is 2.37. The minimum atomic E-state index is -4.28. The summed E-state index contributed by atoms with van der Waals surface area (Å²) in [5.74, 6) is 0.282. The summed E-state index contributed by atoms with van der Waals surface area (Å²) in [6.45, 7) is 4.45. The molecule has 1 aliphatic rings. The van der Waals surface area contributed by atoms with Crippen molar-refractivity contribution in [1.82, 2.24) is 10.3 Å². The number of morpholine rings is 1. The number of hydrogen-bond acceptors (Lipinski definition) is 3. The Morgan fingerprint density at radius 3 is 2.54 bits per heavy atom. The average Bonchev–Trinajstić information content (AvgIpc) is 2.66. The molecule has 2 atom stereocenters. The normalized spacial score (nSPS) is 19.3. The lowest BCUT2D eigenvalue weighted by atomic mass is 9.94. The fourth-order valence-corrected chi connectivity index (χ4v) is 3.06. The van der Waals surface area contributed by atoms with Gasteiger partial charge in [0.05, 0.1) is 17.9 Å². The number of halogens is 3. The van der Waals surface area contributed by atoms with Crippen LogP contribution in [-0.2, 0) is 17.3 Å². The van der Waals surface area contributed by atoms with Gasteiger partial charge in [0.25, 0.3) is 0 Å². The SMILES string of the molecule is CC(CCc1ccc(C(F)(F)F)cc1)c1ccc(C2CNCCO2)nc1. The monoisotopic (exact) mass is 364 g/mol. The number of aryl methyl sites for hydroxylation is 1. The van der Waals surface area contributed by atoms with Crippen LogP contribution in [0.15, 0.2) is 42.6 Å². The van der Waals surface area contributed by atoms with Gasteiger partial charge in [0.1, 0.15) is 6.10 Å². The molecule has 1 N–H and O–H groups in total.